The third kappa shape index (κ3) is 6.76. The first kappa shape index (κ1) is 28.5. The number of esters is 1. The molecule has 0 spiro atoms. The van der Waals surface area contributed by atoms with Crippen LogP contribution in [-0.4, -0.2) is 148 Å². The van der Waals surface area contributed by atoms with Crippen molar-refractivity contribution in [3.8, 4) is 0 Å². The van der Waals surface area contributed by atoms with Gasteiger partial charge in [-0.05, 0) is 10.4 Å². The van der Waals surface area contributed by atoms with Gasteiger partial charge in [-0.25, -0.2) is 9.48 Å². The Morgan fingerprint density at radius 3 is 2.53 bits per heavy atom. The number of carbonyl (C=O) groups is 5. The van der Waals surface area contributed by atoms with Crippen molar-refractivity contribution in [2.75, 3.05) is 12.4 Å². The van der Waals surface area contributed by atoms with Crippen LogP contribution in [0.2, 0.25) is 0 Å². The number of carbonyl (C=O) groups excluding carboxylic acids is 3. The number of thioether (sulfide) groups is 1. The molecule has 17 heteroatoms. The van der Waals surface area contributed by atoms with E-state index in [0.29, 0.717) is 0 Å². The van der Waals surface area contributed by atoms with Crippen molar-refractivity contribution in [3.63, 3.8) is 0 Å². The number of hydrogen-bond donors (Lipinski definition) is 3. The van der Waals surface area contributed by atoms with Gasteiger partial charge in [0.05, 0.1) is 12.8 Å². The maximum absolute atomic E-state index is 12.5. The number of carboxylic acid groups (broad SMARTS) is 2. The molecule has 3 heterocycles. The molecule has 164 valence electrons. The van der Waals surface area contributed by atoms with Gasteiger partial charge in [-0.2, -0.15) is 0 Å². The van der Waals surface area contributed by atoms with Gasteiger partial charge in [0.15, 0.2) is 0 Å². The normalized spacial score (nSPS) is 19.0. The van der Waals surface area contributed by atoms with E-state index in [-0.39, 0.29) is 95.7 Å². The Balaban J connectivity index is 0.00000256. The third-order valence-electron chi connectivity index (χ3n) is 4.21. The Morgan fingerprint density at radius 1 is 1.22 bits per heavy atom. The summed E-state index contributed by atoms with van der Waals surface area (Å²) in [5.74, 6) is -4.29. The summed E-state index contributed by atoms with van der Waals surface area (Å²) in [6, 6.07) is -0.909. The Bertz CT molecular complexity index is 927. The van der Waals surface area contributed by atoms with Crippen molar-refractivity contribution in [2.24, 2.45) is 0 Å². The van der Waals surface area contributed by atoms with Crippen molar-refractivity contribution in [1.29, 1.82) is 0 Å². The molecule has 32 heavy (non-hydrogen) atoms. The Labute approximate surface area is 229 Å². The molecule has 0 unspecified atom stereocenters. The van der Waals surface area contributed by atoms with E-state index in [4.69, 9.17) is 9.84 Å². The third-order valence-corrected chi connectivity index (χ3v) is 5.55. The molecule has 1 fully saturated rings. The summed E-state index contributed by atoms with van der Waals surface area (Å²) < 4.78 is 6.11. The second kappa shape index (κ2) is 12.7. The summed E-state index contributed by atoms with van der Waals surface area (Å²) in [5, 5.41) is 30.4. The maximum atomic E-state index is 12.5. The van der Waals surface area contributed by atoms with Crippen LogP contribution in [0.5, 0.6) is 0 Å². The van der Waals surface area contributed by atoms with Gasteiger partial charge in [-0.15, -0.1) is 16.9 Å². The van der Waals surface area contributed by atoms with Crippen LogP contribution in [0, 0.1) is 0 Å². The number of ether oxygens (including phenoxy) is 1. The number of rotatable bonds is 9. The minimum atomic E-state index is -1.37. The molecule has 1 saturated heterocycles. The fraction of sp³-hybridized carbons (Fsp3) is 0.467. The zero-order chi connectivity index (χ0) is 21.8. The number of hydrogen-bond acceptors (Lipinski definition) is 10. The Morgan fingerprint density at radius 2 is 1.94 bits per heavy atom. The van der Waals surface area contributed by atoms with Crippen LogP contribution in [0.3, 0.4) is 0 Å². The number of aromatic nitrogens is 4. The standard InChI is InChI=1S/C15H16N6O8S.2Na.2H/c22-8(3-20-6-16-18-19-20)17-11-13(26)21-12(15(27)28)7(5-30-14(11)21)4-29-10(25)2-1-9(23)24;;;;/h6,11,14H,1-5H2,(H,17,22)(H,23,24)(H,27,28);;;;/t11-,14-;;;;/m1..../s1. The van der Waals surface area contributed by atoms with Gasteiger partial charge in [-0.3, -0.25) is 24.1 Å². The van der Waals surface area contributed by atoms with E-state index in [0.717, 1.165) is 4.90 Å². The zero-order valence-corrected chi connectivity index (χ0v) is 16.1. The topological polar surface area (TPSA) is 194 Å². The molecular formula is C15H18N6Na2O8S. The Hall–Kier alpha value is -1.49. The summed E-state index contributed by atoms with van der Waals surface area (Å²) in [5.41, 5.74) is -0.0972. The van der Waals surface area contributed by atoms with Crippen LogP contribution in [0.1, 0.15) is 12.8 Å². The van der Waals surface area contributed by atoms with Crippen LogP contribution in [0.25, 0.3) is 0 Å². The van der Waals surface area contributed by atoms with Gasteiger partial charge in [0.1, 0.15) is 36.6 Å². The monoisotopic (exact) mass is 488 g/mol. The van der Waals surface area contributed by atoms with Crippen molar-refractivity contribution < 1.29 is 38.9 Å². The van der Waals surface area contributed by atoms with Crippen molar-refractivity contribution in [2.45, 2.75) is 30.8 Å². The van der Waals surface area contributed by atoms with Crippen molar-refractivity contribution in [3.05, 3.63) is 17.6 Å². The van der Waals surface area contributed by atoms with E-state index in [1.165, 1.54) is 22.8 Å². The van der Waals surface area contributed by atoms with E-state index in [1.807, 2.05) is 0 Å². The van der Waals surface area contributed by atoms with Crippen LogP contribution in [0.4, 0.5) is 0 Å². The first-order valence-electron chi connectivity index (χ1n) is 8.55. The molecule has 2 aliphatic rings. The Kier molecular flexibility index (Phi) is 11.3. The first-order chi connectivity index (χ1) is 14.3. The molecule has 2 atom stereocenters. The molecule has 0 aliphatic carbocycles. The molecule has 0 bridgehead atoms. The molecule has 0 saturated carbocycles. The molecule has 0 aromatic carbocycles. The minimum absolute atomic E-state index is 0. The molecule has 1 aromatic heterocycles. The second-order valence-electron chi connectivity index (χ2n) is 6.27. The summed E-state index contributed by atoms with van der Waals surface area (Å²) in [6.45, 7) is -0.576. The number of nitrogens with zero attached hydrogens (tertiary/aromatic N) is 5. The first-order valence-corrected chi connectivity index (χ1v) is 9.60. The molecule has 14 nitrogen and oxygen atoms in total. The fourth-order valence-electron chi connectivity index (χ4n) is 2.86. The summed E-state index contributed by atoms with van der Waals surface area (Å²) >= 11 is 1.21. The van der Waals surface area contributed by atoms with Gasteiger partial charge in [0, 0.05) is 11.3 Å². The number of aliphatic carboxylic acids is 2. The van der Waals surface area contributed by atoms with Crippen LogP contribution in [-0.2, 0) is 35.3 Å². The van der Waals surface area contributed by atoms with Gasteiger partial charge in [0.2, 0.25) is 5.91 Å². The predicted octanol–water partition coefficient (Wildman–Crippen LogP) is -3.48. The molecule has 1 aromatic rings. The number of amides is 2. The van der Waals surface area contributed by atoms with Crippen LogP contribution >= 0.6 is 11.8 Å². The number of β-lactam (4-membered cyclic amide) rings is 1. The predicted molar refractivity (Wildman–Crippen MR) is 110 cm³/mol. The molecule has 2 amide bonds. The molecular weight excluding hydrogens is 470 g/mol. The second-order valence-corrected chi connectivity index (χ2v) is 7.38. The van der Waals surface area contributed by atoms with E-state index in [1.54, 1.807) is 0 Å². The molecule has 2 aliphatic heterocycles. The molecule has 3 N–H and O–H groups in total. The number of fused-ring (bicyclic) bond motifs is 1. The van der Waals surface area contributed by atoms with Gasteiger partial charge in [0.25, 0.3) is 5.91 Å². The number of tetrazole rings is 1. The van der Waals surface area contributed by atoms with E-state index in [2.05, 4.69) is 20.8 Å². The summed E-state index contributed by atoms with van der Waals surface area (Å²) in [7, 11) is 0. The van der Waals surface area contributed by atoms with Crippen LogP contribution < -0.4 is 5.32 Å². The van der Waals surface area contributed by atoms with E-state index >= 15 is 0 Å². The van der Waals surface area contributed by atoms with Crippen molar-refractivity contribution in [1.82, 2.24) is 30.4 Å². The van der Waals surface area contributed by atoms with Crippen molar-refractivity contribution >= 4 is 101 Å². The quantitative estimate of drug-likeness (QED) is 0.177. The SMILES string of the molecule is O=C(O)CCC(=O)OCC1=C(C(=O)O)N2C(=O)[C@@H](NC(=O)Cn3cnnn3)[C@H]2SC1.[NaH].[NaH]. The summed E-state index contributed by atoms with van der Waals surface area (Å²) in [6.07, 6.45) is 0.481. The van der Waals surface area contributed by atoms with Gasteiger partial charge in [-0.1, -0.05) is 0 Å². The summed E-state index contributed by atoms with van der Waals surface area (Å²) in [4.78, 5) is 59.4. The average Bonchev–Trinajstić information content (AvgIpc) is 3.20. The van der Waals surface area contributed by atoms with Gasteiger partial charge < -0.3 is 20.3 Å². The van der Waals surface area contributed by atoms with E-state index in [9.17, 15) is 29.1 Å². The number of nitrogens with one attached hydrogen (secondary N) is 1. The molecule has 3 rings (SSSR count). The zero-order valence-electron chi connectivity index (χ0n) is 15.3. The average molecular weight is 488 g/mol. The van der Waals surface area contributed by atoms with E-state index < -0.39 is 47.6 Å². The number of carboxylic acids is 2. The van der Waals surface area contributed by atoms with Crippen LogP contribution in [0.15, 0.2) is 17.6 Å². The fourth-order valence-corrected chi connectivity index (χ4v) is 4.19. The molecule has 0 radical (unpaired) electrons. The van der Waals surface area contributed by atoms with Gasteiger partial charge >= 0.3 is 77.0 Å².